The summed E-state index contributed by atoms with van der Waals surface area (Å²) >= 11 is 0. The second kappa shape index (κ2) is 4.76. The first-order valence-corrected chi connectivity index (χ1v) is 6.00. The third kappa shape index (κ3) is 2.38. The highest BCUT2D eigenvalue weighted by molar-refractivity contribution is 7.27. The van der Waals surface area contributed by atoms with Gasteiger partial charge in [-0.15, -0.1) is 9.24 Å². The van der Waals surface area contributed by atoms with Gasteiger partial charge in [-0.05, 0) is 30.6 Å². The lowest BCUT2D eigenvalue weighted by atomic mass is 10.1. The van der Waals surface area contributed by atoms with E-state index < -0.39 is 0 Å². The van der Waals surface area contributed by atoms with Gasteiger partial charge in [0.1, 0.15) is 0 Å². The van der Waals surface area contributed by atoms with Crippen LogP contribution in [0.5, 0.6) is 0 Å². The summed E-state index contributed by atoms with van der Waals surface area (Å²) in [7, 11) is 2.63. The molecule has 0 aromatic heterocycles. The van der Waals surface area contributed by atoms with Crippen LogP contribution in [0.3, 0.4) is 0 Å². The minimum absolute atomic E-state index is 0.181. The van der Waals surface area contributed by atoms with Gasteiger partial charge in [0, 0.05) is 18.7 Å². The lowest BCUT2D eigenvalue weighted by molar-refractivity contribution is 0.0726. The first kappa shape index (κ1) is 10.6. The molecule has 1 aromatic rings. The Bertz CT molecular complexity index is 358. The molecule has 1 heterocycles. The molecule has 1 fully saturated rings. The molecule has 0 bridgehead atoms. The third-order valence-corrected chi connectivity index (χ3v) is 3.34. The van der Waals surface area contributed by atoms with Crippen LogP contribution in [0.15, 0.2) is 24.3 Å². The normalized spacial score (nSPS) is 16.5. The van der Waals surface area contributed by atoms with Crippen LogP contribution in [0.1, 0.15) is 29.6 Å². The van der Waals surface area contributed by atoms with Gasteiger partial charge < -0.3 is 4.90 Å². The van der Waals surface area contributed by atoms with E-state index in [-0.39, 0.29) is 5.91 Å². The minimum Gasteiger partial charge on any atom is -0.339 e. The SMILES string of the molecule is O=C(c1ccccc1P)N1CCCCC1. The van der Waals surface area contributed by atoms with E-state index in [0.717, 1.165) is 36.8 Å². The molecule has 80 valence electrons. The Kier molecular flexibility index (Phi) is 3.37. The van der Waals surface area contributed by atoms with Crippen molar-refractivity contribution in [3.05, 3.63) is 29.8 Å². The molecule has 3 heteroatoms. The van der Waals surface area contributed by atoms with Crippen LogP contribution in [0.25, 0.3) is 0 Å². The summed E-state index contributed by atoms with van der Waals surface area (Å²) in [5.41, 5.74) is 0.824. The molecule has 15 heavy (non-hydrogen) atoms. The summed E-state index contributed by atoms with van der Waals surface area (Å²) < 4.78 is 0. The second-order valence-corrected chi connectivity index (χ2v) is 4.56. The molecule has 1 unspecified atom stereocenters. The van der Waals surface area contributed by atoms with Crippen molar-refractivity contribution in [3.63, 3.8) is 0 Å². The average Bonchev–Trinajstić information content (AvgIpc) is 2.30. The lowest BCUT2D eigenvalue weighted by Crippen LogP contribution is -2.37. The van der Waals surface area contributed by atoms with E-state index >= 15 is 0 Å². The highest BCUT2D eigenvalue weighted by atomic mass is 31.0. The Balaban J connectivity index is 2.16. The Morgan fingerprint density at radius 1 is 1.13 bits per heavy atom. The summed E-state index contributed by atoms with van der Waals surface area (Å²) in [5, 5.41) is 0.994. The second-order valence-electron chi connectivity index (χ2n) is 3.94. The molecule has 0 aliphatic carbocycles. The number of carbonyl (C=O) groups is 1. The molecule has 1 aliphatic rings. The molecular weight excluding hydrogens is 205 g/mol. The molecule has 1 aliphatic heterocycles. The number of piperidine rings is 1. The maximum Gasteiger partial charge on any atom is 0.254 e. The smallest absolute Gasteiger partial charge is 0.254 e. The summed E-state index contributed by atoms with van der Waals surface area (Å²) in [6, 6.07) is 7.74. The van der Waals surface area contributed by atoms with Gasteiger partial charge in [-0.25, -0.2) is 0 Å². The molecule has 0 N–H and O–H groups in total. The van der Waals surface area contributed by atoms with Crippen molar-refractivity contribution in [3.8, 4) is 0 Å². The van der Waals surface area contributed by atoms with E-state index in [1.54, 1.807) is 0 Å². The van der Waals surface area contributed by atoms with E-state index in [1.807, 2.05) is 29.2 Å². The molecule has 1 atom stereocenters. The van der Waals surface area contributed by atoms with Crippen molar-refractivity contribution in [1.82, 2.24) is 4.90 Å². The average molecular weight is 221 g/mol. The molecule has 1 aromatic carbocycles. The van der Waals surface area contributed by atoms with Gasteiger partial charge in [-0.3, -0.25) is 4.79 Å². The van der Waals surface area contributed by atoms with E-state index in [2.05, 4.69) is 9.24 Å². The quantitative estimate of drug-likeness (QED) is 0.662. The maximum atomic E-state index is 12.1. The van der Waals surface area contributed by atoms with E-state index in [1.165, 1.54) is 6.42 Å². The third-order valence-electron chi connectivity index (χ3n) is 2.83. The molecule has 1 saturated heterocycles. The highest BCUT2D eigenvalue weighted by Crippen LogP contribution is 2.12. The zero-order valence-corrected chi connectivity index (χ0v) is 9.93. The van der Waals surface area contributed by atoms with Crippen molar-refractivity contribution in [2.45, 2.75) is 19.3 Å². The number of nitrogens with zero attached hydrogens (tertiary/aromatic N) is 1. The standard InChI is InChI=1S/C12H16NOP/c14-12(13-8-4-1-5-9-13)10-6-2-3-7-11(10)15/h2-3,6-7H,1,4-5,8-9,15H2. The number of likely N-dealkylation sites (tertiary alicyclic amines) is 1. The molecule has 0 radical (unpaired) electrons. The van der Waals surface area contributed by atoms with Crippen LogP contribution in [-0.2, 0) is 0 Å². The topological polar surface area (TPSA) is 20.3 Å². The van der Waals surface area contributed by atoms with Crippen molar-refractivity contribution in [2.24, 2.45) is 0 Å². The monoisotopic (exact) mass is 221 g/mol. The maximum absolute atomic E-state index is 12.1. The molecule has 0 spiro atoms. The summed E-state index contributed by atoms with van der Waals surface area (Å²) in [6.07, 6.45) is 3.54. The van der Waals surface area contributed by atoms with Crippen LogP contribution in [0, 0.1) is 0 Å². The predicted molar refractivity (Wildman–Crippen MR) is 65.5 cm³/mol. The van der Waals surface area contributed by atoms with Crippen molar-refractivity contribution < 1.29 is 4.79 Å². The van der Waals surface area contributed by atoms with Gasteiger partial charge >= 0.3 is 0 Å². The van der Waals surface area contributed by atoms with Crippen LogP contribution in [-0.4, -0.2) is 23.9 Å². The number of hydrogen-bond donors (Lipinski definition) is 0. The number of carbonyl (C=O) groups excluding carboxylic acids is 1. The molecule has 2 nitrogen and oxygen atoms in total. The Morgan fingerprint density at radius 2 is 1.80 bits per heavy atom. The zero-order chi connectivity index (χ0) is 10.7. The van der Waals surface area contributed by atoms with E-state index in [0.29, 0.717) is 0 Å². The van der Waals surface area contributed by atoms with Crippen molar-refractivity contribution >= 4 is 20.5 Å². The number of benzene rings is 1. The van der Waals surface area contributed by atoms with Gasteiger partial charge in [0.25, 0.3) is 5.91 Å². The first-order valence-electron chi connectivity index (χ1n) is 5.43. The fourth-order valence-electron chi connectivity index (χ4n) is 1.96. The Hall–Kier alpha value is -0.880. The fraction of sp³-hybridized carbons (Fsp3) is 0.417. The van der Waals surface area contributed by atoms with E-state index in [9.17, 15) is 4.79 Å². The first-order chi connectivity index (χ1) is 7.29. The molecule has 0 saturated carbocycles. The number of amides is 1. The Labute approximate surface area is 92.9 Å². The largest absolute Gasteiger partial charge is 0.339 e. The molecular formula is C12H16NOP. The summed E-state index contributed by atoms with van der Waals surface area (Å²) in [6.45, 7) is 1.83. The lowest BCUT2D eigenvalue weighted by Gasteiger charge is -2.27. The molecule has 1 amide bonds. The van der Waals surface area contributed by atoms with Gasteiger partial charge in [-0.2, -0.15) is 0 Å². The zero-order valence-electron chi connectivity index (χ0n) is 8.78. The highest BCUT2D eigenvalue weighted by Gasteiger charge is 2.18. The van der Waals surface area contributed by atoms with Gasteiger partial charge in [-0.1, -0.05) is 18.2 Å². The Morgan fingerprint density at radius 3 is 2.47 bits per heavy atom. The van der Waals surface area contributed by atoms with E-state index in [4.69, 9.17) is 0 Å². The van der Waals surface area contributed by atoms with Crippen LogP contribution in [0.4, 0.5) is 0 Å². The minimum atomic E-state index is 0.181. The predicted octanol–water partition coefficient (Wildman–Crippen LogP) is 1.81. The van der Waals surface area contributed by atoms with Crippen LogP contribution < -0.4 is 5.30 Å². The van der Waals surface area contributed by atoms with Crippen LogP contribution >= 0.6 is 9.24 Å². The van der Waals surface area contributed by atoms with Crippen molar-refractivity contribution in [2.75, 3.05) is 13.1 Å². The summed E-state index contributed by atoms with van der Waals surface area (Å²) in [4.78, 5) is 14.1. The fourth-order valence-corrected chi connectivity index (χ4v) is 2.29. The van der Waals surface area contributed by atoms with Gasteiger partial charge in [0.15, 0.2) is 0 Å². The van der Waals surface area contributed by atoms with Crippen LogP contribution in [0.2, 0.25) is 0 Å². The van der Waals surface area contributed by atoms with Crippen molar-refractivity contribution in [1.29, 1.82) is 0 Å². The summed E-state index contributed by atoms with van der Waals surface area (Å²) in [5.74, 6) is 0.181. The number of hydrogen-bond acceptors (Lipinski definition) is 1. The number of rotatable bonds is 1. The molecule has 2 rings (SSSR count). The van der Waals surface area contributed by atoms with Gasteiger partial charge in [0.05, 0.1) is 0 Å². The van der Waals surface area contributed by atoms with Gasteiger partial charge in [0.2, 0.25) is 0 Å².